The highest BCUT2D eigenvalue weighted by Gasteiger charge is 2.41. The van der Waals surface area contributed by atoms with Gasteiger partial charge in [-0.3, -0.25) is 9.59 Å². The number of carbonyl (C=O) groups is 3. The molecule has 2 N–H and O–H groups in total. The lowest BCUT2D eigenvalue weighted by molar-refractivity contribution is -0.175. The molecule has 2 aliphatic rings. The van der Waals surface area contributed by atoms with Crippen LogP contribution in [0.5, 0.6) is 17.2 Å². The molecule has 2 heterocycles. The monoisotopic (exact) mass is 498 g/mol. The van der Waals surface area contributed by atoms with Gasteiger partial charge in [0, 0.05) is 12.3 Å². The first kappa shape index (κ1) is 25.3. The van der Waals surface area contributed by atoms with Crippen molar-refractivity contribution >= 4 is 17.8 Å². The summed E-state index contributed by atoms with van der Waals surface area (Å²) < 4.78 is 22.7. The van der Waals surface area contributed by atoms with Crippen LogP contribution in [0, 0.1) is 5.92 Å². The van der Waals surface area contributed by atoms with Crippen molar-refractivity contribution in [3.63, 3.8) is 0 Å². The zero-order valence-corrected chi connectivity index (χ0v) is 20.2. The van der Waals surface area contributed by atoms with Crippen LogP contribution < -0.4 is 14.8 Å². The molecule has 0 unspecified atom stereocenters. The standard InChI is InChI=1S/C26H30N2O8/c1-15-23(36-25(31)16-11-12-16)20(35-17-7-4-3-5-8-17)10-6-9-18(26(32)34-15)28-24(30)21-22(29)19(33-2)13-14-27-21/h3-5,7-8,13-16,18,20,23,29H,6,9-12H2,1-2H3,(H,28,30)/t15-,18-,20-,23-/m0/s1. The number of hydrogen-bond donors (Lipinski definition) is 2. The van der Waals surface area contributed by atoms with Gasteiger partial charge in [0.25, 0.3) is 5.91 Å². The molecule has 2 fully saturated rings. The van der Waals surface area contributed by atoms with E-state index in [9.17, 15) is 19.5 Å². The molecule has 10 nitrogen and oxygen atoms in total. The number of esters is 2. The van der Waals surface area contributed by atoms with E-state index in [1.807, 2.05) is 18.2 Å². The number of carbonyl (C=O) groups excluding carboxylic acids is 3. The van der Waals surface area contributed by atoms with Gasteiger partial charge in [0.2, 0.25) is 0 Å². The third kappa shape index (κ3) is 6.05. The molecule has 10 heteroatoms. The molecule has 36 heavy (non-hydrogen) atoms. The first-order chi connectivity index (χ1) is 17.4. The summed E-state index contributed by atoms with van der Waals surface area (Å²) in [7, 11) is 1.36. The fourth-order valence-corrected chi connectivity index (χ4v) is 4.09. The lowest BCUT2D eigenvalue weighted by Crippen LogP contribution is -2.47. The SMILES string of the molecule is COc1ccnc(C(=O)N[C@H]2CCC[C@H](Oc3ccccc3)[C@@H](OC(=O)C3CC3)[C@H](C)OC2=O)c1O. The maximum absolute atomic E-state index is 13.0. The van der Waals surface area contributed by atoms with Crippen molar-refractivity contribution in [3.05, 3.63) is 48.3 Å². The Balaban J connectivity index is 1.51. The Morgan fingerprint density at radius 1 is 1.11 bits per heavy atom. The van der Waals surface area contributed by atoms with Gasteiger partial charge in [-0.25, -0.2) is 9.78 Å². The number of nitrogens with one attached hydrogen (secondary N) is 1. The second-order valence-corrected chi connectivity index (χ2v) is 8.95. The minimum Gasteiger partial charge on any atom is -0.503 e. The molecule has 1 saturated heterocycles. The van der Waals surface area contributed by atoms with Crippen LogP contribution in [0.15, 0.2) is 42.6 Å². The molecule has 0 bridgehead atoms. The van der Waals surface area contributed by atoms with Gasteiger partial charge >= 0.3 is 11.9 Å². The van der Waals surface area contributed by atoms with Crippen molar-refractivity contribution < 1.29 is 38.4 Å². The molecule has 4 atom stereocenters. The predicted octanol–water partition coefficient (Wildman–Crippen LogP) is 2.78. The number of aromatic nitrogens is 1. The Morgan fingerprint density at radius 2 is 1.86 bits per heavy atom. The summed E-state index contributed by atoms with van der Waals surface area (Å²) in [4.78, 5) is 42.3. The van der Waals surface area contributed by atoms with E-state index >= 15 is 0 Å². The van der Waals surface area contributed by atoms with Crippen molar-refractivity contribution in [2.45, 2.75) is 63.4 Å². The van der Waals surface area contributed by atoms with E-state index in [0.29, 0.717) is 18.6 Å². The molecule has 1 aliphatic carbocycles. The zero-order valence-electron chi connectivity index (χ0n) is 20.2. The number of nitrogens with zero attached hydrogens (tertiary/aromatic N) is 1. The summed E-state index contributed by atoms with van der Waals surface area (Å²) in [5.74, 6) is -1.61. The molecule has 4 rings (SSSR count). The van der Waals surface area contributed by atoms with Crippen molar-refractivity contribution in [2.75, 3.05) is 7.11 Å². The lowest BCUT2D eigenvalue weighted by atomic mass is 10.0. The van der Waals surface area contributed by atoms with Crippen molar-refractivity contribution in [1.29, 1.82) is 0 Å². The van der Waals surface area contributed by atoms with Gasteiger partial charge in [-0.2, -0.15) is 0 Å². The molecule has 1 saturated carbocycles. The molecular weight excluding hydrogens is 468 g/mol. The number of cyclic esters (lactones) is 1. The van der Waals surface area contributed by atoms with Crippen LogP contribution in [0.1, 0.15) is 49.5 Å². The number of rotatable bonds is 7. The third-order valence-corrected chi connectivity index (χ3v) is 6.22. The van der Waals surface area contributed by atoms with Crippen LogP contribution in [-0.2, 0) is 19.1 Å². The van der Waals surface area contributed by atoms with Crippen LogP contribution in [-0.4, -0.2) is 59.4 Å². The molecular formula is C26H30N2O8. The topological polar surface area (TPSA) is 133 Å². The van der Waals surface area contributed by atoms with E-state index in [0.717, 1.165) is 12.8 Å². The Labute approximate surface area is 208 Å². The van der Waals surface area contributed by atoms with E-state index in [2.05, 4.69) is 10.3 Å². The number of methoxy groups -OCH3 is 1. The number of ether oxygens (including phenoxy) is 4. The highest BCUT2D eigenvalue weighted by molar-refractivity contribution is 5.97. The normalized spacial score (nSPS) is 24.3. The Hall–Kier alpha value is -3.82. The first-order valence-corrected chi connectivity index (χ1v) is 12.0. The average Bonchev–Trinajstić information content (AvgIpc) is 3.71. The van der Waals surface area contributed by atoms with E-state index in [1.54, 1.807) is 19.1 Å². The molecule has 1 amide bonds. The summed E-state index contributed by atoms with van der Waals surface area (Å²) in [5.41, 5.74) is -0.267. The number of aromatic hydroxyl groups is 1. The fourth-order valence-electron chi connectivity index (χ4n) is 4.09. The van der Waals surface area contributed by atoms with Crippen molar-refractivity contribution in [2.24, 2.45) is 5.92 Å². The van der Waals surface area contributed by atoms with E-state index in [-0.39, 0.29) is 29.8 Å². The van der Waals surface area contributed by atoms with Gasteiger partial charge in [-0.05, 0) is 51.2 Å². The number of para-hydroxylation sites is 1. The van der Waals surface area contributed by atoms with E-state index in [4.69, 9.17) is 18.9 Å². The summed E-state index contributed by atoms with van der Waals surface area (Å²) in [5, 5.41) is 12.9. The van der Waals surface area contributed by atoms with Crippen LogP contribution in [0.25, 0.3) is 0 Å². The van der Waals surface area contributed by atoms with Gasteiger partial charge in [-0.15, -0.1) is 0 Å². The van der Waals surface area contributed by atoms with Gasteiger partial charge in [0.15, 0.2) is 23.3 Å². The number of amides is 1. The summed E-state index contributed by atoms with van der Waals surface area (Å²) >= 11 is 0. The van der Waals surface area contributed by atoms with Crippen LogP contribution in [0.2, 0.25) is 0 Å². The highest BCUT2D eigenvalue weighted by Crippen LogP contribution is 2.33. The second-order valence-electron chi connectivity index (χ2n) is 8.95. The second kappa shape index (κ2) is 11.3. The summed E-state index contributed by atoms with van der Waals surface area (Å²) in [6.45, 7) is 1.64. The van der Waals surface area contributed by atoms with Gasteiger partial charge in [-0.1, -0.05) is 18.2 Å². The minimum absolute atomic E-state index is 0.0852. The Morgan fingerprint density at radius 3 is 2.56 bits per heavy atom. The van der Waals surface area contributed by atoms with E-state index < -0.39 is 42.0 Å². The Bertz CT molecular complexity index is 1090. The summed E-state index contributed by atoms with van der Waals surface area (Å²) in [6, 6.07) is 9.58. The van der Waals surface area contributed by atoms with Crippen molar-refractivity contribution in [3.8, 4) is 17.2 Å². The first-order valence-electron chi connectivity index (χ1n) is 12.0. The Kier molecular flexibility index (Phi) is 7.92. The minimum atomic E-state index is -0.998. The largest absolute Gasteiger partial charge is 0.503 e. The maximum Gasteiger partial charge on any atom is 0.329 e. The number of pyridine rings is 1. The van der Waals surface area contributed by atoms with Crippen LogP contribution >= 0.6 is 0 Å². The average molecular weight is 499 g/mol. The zero-order chi connectivity index (χ0) is 25.7. The predicted molar refractivity (Wildman–Crippen MR) is 127 cm³/mol. The van der Waals surface area contributed by atoms with E-state index in [1.165, 1.54) is 19.4 Å². The molecule has 1 aromatic heterocycles. The lowest BCUT2D eigenvalue weighted by Gasteiger charge is -2.31. The summed E-state index contributed by atoms with van der Waals surface area (Å²) in [6.07, 6.45) is 1.85. The van der Waals surface area contributed by atoms with Crippen LogP contribution in [0.4, 0.5) is 0 Å². The molecule has 1 aliphatic heterocycles. The van der Waals surface area contributed by atoms with Gasteiger partial charge < -0.3 is 29.4 Å². The molecule has 0 radical (unpaired) electrons. The van der Waals surface area contributed by atoms with Crippen molar-refractivity contribution in [1.82, 2.24) is 10.3 Å². The van der Waals surface area contributed by atoms with Crippen LogP contribution in [0.3, 0.4) is 0 Å². The number of benzene rings is 1. The quantitative estimate of drug-likeness (QED) is 0.553. The molecule has 0 spiro atoms. The van der Waals surface area contributed by atoms with Gasteiger partial charge in [0.1, 0.15) is 24.0 Å². The molecule has 2 aromatic rings. The fraction of sp³-hybridized carbons (Fsp3) is 0.462. The molecule has 1 aromatic carbocycles. The van der Waals surface area contributed by atoms with Gasteiger partial charge in [0.05, 0.1) is 13.0 Å². The number of hydrogen-bond acceptors (Lipinski definition) is 9. The molecule has 192 valence electrons. The third-order valence-electron chi connectivity index (χ3n) is 6.22. The smallest absolute Gasteiger partial charge is 0.329 e. The highest BCUT2D eigenvalue weighted by atomic mass is 16.6. The maximum atomic E-state index is 13.0.